The van der Waals surface area contributed by atoms with Crippen molar-refractivity contribution in [2.75, 3.05) is 80.4 Å². The van der Waals surface area contributed by atoms with Crippen LogP contribution >= 0.6 is 78.3 Å². The van der Waals surface area contributed by atoms with Gasteiger partial charge in [0.1, 0.15) is 5.75 Å². The van der Waals surface area contributed by atoms with E-state index in [1.54, 1.807) is 151 Å². The highest BCUT2D eigenvalue weighted by Gasteiger charge is 2.21. The van der Waals surface area contributed by atoms with E-state index >= 15 is 0 Å². The van der Waals surface area contributed by atoms with Crippen molar-refractivity contribution < 1.29 is 59.1 Å². The molecule has 5 aromatic heterocycles. The number of methoxy groups -OCH3 is 6. The summed E-state index contributed by atoms with van der Waals surface area (Å²) in [6.07, 6.45) is 10.7. The largest absolute Gasteiger partial charge is 0.504 e. The molecule has 6 N–H and O–H groups in total. The fraction of sp³-hybridized carbons (Fsp3) is 0.208. The van der Waals surface area contributed by atoms with E-state index < -0.39 is 0 Å². The van der Waals surface area contributed by atoms with E-state index in [-0.39, 0.29) is 35.4 Å². The zero-order valence-electron chi connectivity index (χ0n) is 56.3. The number of ether oxygens (including phenoxy) is 6. The second-order valence-corrected chi connectivity index (χ2v) is 29.2. The van der Waals surface area contributed by atoms with Crippen LogP contribution in [0.1, 0.15) is 46.2 Å². The van der Waals surface area contributed by atoms with Crippen LogP contribution in [0.25, 0.3) is 52.2 Å². The highest BCUT2D eigenvalue weighted by Crippen LogP contribution is 2.42. The molecule has 24 heteroatoms. The molecule has 1 aliphatic carbocycles. The van der Waals surface area contributed by atoms with Crippen LogP contribution in [0.3, 0.4) is 0 Å². The van der Waals surface area contributed by atoms with Crippen LogP contribution in [0.4, 0.5) is 0 Å². The summed E-state index contributed by atoms with van der Waals surface area (Å²) < 4.78 is 31.5. The van der Waals surface area contributed by atoms with Crippen LogP contribution < -0.4 is 28.4 Å². The summed E-state index contributed by atoms with van der Waals surface area (Å²) in [6.45, 7) is 2.09. The standard InChI is InChI=1S/C28H28N2O4S4.C20H19NO3S.C15H15NO2S.C14H15NO3S/c1-33-23-15-19(25-5-3-9-35-25)13-21(27(23)31)17-29-7-11-37-38-12-8-30-18-22-14-20(26-6-4-10-36-26)16-24(34-2)28(22)32;1-23-17-7-5-14(6-8-17)12-21-13-16-10-15(19-4-3-9-25-19)11-18(24-2)20(16)22;1-18-13-8-10(14-3-2-6-19-14)7-11(15(13)17)9-16-12-4-5-12;1-18-12-8-10(13-3-2-6-19-13)7-11(14(12)17)9-15-4-5-16/h3-6,9-10,13-18,31-32H,7-8,11-12H2,1-2H3;3-11,13,22H,12H2,1-2H3;2-3,6-9,12,17H,4-5H2,1H3;2-3,6-9,16-17H,4-5H2,1H3. The molecule has 11 aromatic rings. The average molecular weight is 1490 g/mol. The lowest BCUT2D eigenvalue weighted by atomic mass is 10.1. The number of aromatic hydroxyl groups is 5. The van der Waals surface area contributed by atoms with Crippen LogP contribution in [-0.4, -0.2) is 148 Å². The molecular weight excluding hydrogens is 1410 g/mol. The van der Waals surface area contributed by atoms with Gasteiger partial charge in [-0.3, -0.25) is 25.0 Å². The molecule has 0 atom stereocenters. The summed E-state index contributed by atoms with van der Waals surface area (Å²) >= 11 is 8.20. The van der Waals surface area contributed by atoms with Crippen molar-refractivity contribution in [2.24, 2.45) is 25.0 Å². The number of phenolic OH excluding ortho intramolecular Hbond substituents is 5. The third kappa shape index (κ3) is 22.1. The molecular formula is C77H77N5O12S7. The Morgan fingerprint density at radius 3 is 0.941 bits per heavy atom. The van der Waals surface area contributed by atoms with Gasteiger partial charge < -0.3 is 59.1 Å². The van der Waals surface area contributed by atoms with E-state index in [2.05, 4.69) is 31.0 Å². The minimum absolute atomic E-state index is 0.0149. The maximum atomic E-state index is 10.5. The minimum Gasteiger partial charge on any atom is -0.504 e. The molecule has 6 aromatic carbocycles. The summed E-state index contributed by atoms with van der Waals surface area (Å²) in [7, 11) is 12.8. The van der Waals surface area contributed by atoms with Gasteiger partial charge in [0.25, 0.3) is 0 Å². The van der Waals surface area contributed by atoms with Crippen molar-refractivity contribution in [3.8, 4) is 115 Å². The zero-order chi connectivity index (χ0) is 71.3. The van der Waals surface area contributed by atoms with Crippen LogP contribution in [0, 0.1) is 0 Å². The fourth-order valence-electron chi connectivity index (χ4n) is 9.58. The zero-order valence-corrected chi connectivity index (χ0v) is 62.0. The second kappa shape index (κ2) is 39.6. The van der Waals surface area contributed by atoms with Gasteiger partial charge in [-0.15, -0.1) is 56.7 Å². The van der Waals surface area contributed by atoms with Gasteiger partial charge in [-0.1, -0.05) is 64.1 Å². The lowest BCUT2D eigenvalue weighted by molar-refractivity contribution is 0.307. The van der Waals surface area contributed by atoms with Gasteiger partial charge in [0.2, 0.25) is 0 Å². The van der Waals surface area contributed by atoms with Gasteiger partial charge in [0.15, 0.2) is 57.5 Å². The van der Waals surface area contributed by atoms with Gasteiger partial charge in [-0.2, -0.15) is 0 Å². The van der Waals surface area contributed by atoms with E-state index in [0.29, 0.717) is 83.2 Å². The maximum absolute atomic E-state index is 10.5. The lowest BCUT2D eigenvalue weighted by Crippen LogP contribution is -1.93. The van der Waals surface area contributed by atoms with Crippen LogP contribution in [0.15, 0.2) is 197 Å². The molecule has 1 fully saturated rings. The van der Waals surface area contributed by atoms with Crippen LogP contribution in [0.5, 0.6) is 63.2 Å². The number of thiophene rings is 5. The van der Waals surface area contributed by atoms with Crippen molar-refractivity contribution in [3.05, 3.63) is 206 Å². The molecule has 12 rings (SSSR count). The smallest absolute Gasteiger partial charge is 0.166 e. The number of hydrogen-bond donors (Lipinski definition) is 6. The first-order chi connectivity index (χ1) is 49.3. The normalized spacial score (nSPS) is 12.0. The first-order valence-electron chi connectivity index (χ1n) is 31.6. The Labute approximate surface area is 615 Å². The third-order valence-electron chi connectivity index (χ3n) is 14.9. The van der Waals surface area contributed by atoms with E-state index in [9.17, 15) is 25.5 Å². The third-order valence-corrected chi connectivity index (χ3v) is 21.9. The van der Waals surface area contributed by atoms with Gasteiger partial charge in [0.05, 0.1) is 68.4 Å². The summed E-state index contributed by atoms with van der Waals surface area (Å²) in [5, 5.41) is 70.3. The molecule has 0 amide bonds. The molecule has 1 aliphatic rings. The Kier molecular flexibility index (Phi) is 29.7. The van der Waals surface area contributed by atoms with Gasteiger partial charge in [-0.25, -0.2) is 0 Å². The van der Waals surface area contributed by atoms with Crippen molar-refractivity contribution >= 4 is 109 Å². The van der Waals surface area contributed by atoms with Gasteiger partial charge in [-0.05, 0) is 176 Å². The molecule has 101 heavy (non-hydrogen) atoms. The highest BCUT2D eigenvalue weighted by atomic mass is 33.1. The average Bonchev–Trinajstić information content (AvgIpc) is 1.81. The number of phenols is 5. The molecule has 0 unspecified atom stereocenters. The summed E-state index contributed by atoms with van der Waals surface area (Å²) in [4.78, 5) is 27.5. The van der Waals surface area contributed by atoms with Crippen molar-refractivity contribution in [2.45, 2.75) is 25.4 Å². The van der Waals surface area contributed by atoms with Crippen LogP contribution in [-0.2, 0) is 6.54 Å². The first-order valence-corrected chi connectivity index (χ1v) is 38.5. The quantitative estimate of drug-likeness (QED) is 0.0152. The predicted molar refractivity (Wildman–Crippen MR) is 424 cm³/mol. The topological polar surface area (TPSA) is 239 Å². The summed E-state index contributed by atoms with van der Waals surface area (Å²) in [5.74, 6) is 5.23. The van der Waals surface area contributed by atoms with E-state index in [1.165, 1.54) is 7.11 Å². The fourth-order valence-corrected chi connectivity index (χ4v) is 14.9. The van der Waals surface area contributed by atoms with Crippen LogP contribution in [0.2, 0.25) is 0 Å². The summed E-state index contributed by atoms with van der Waals surface area (Å²) in [6, 6.07) is 47.1. The molecule has 0 aliphatic heterocycles. The Bertz CT molecular complexity index is 4400. The lowest BCUT2D eigenvalue weighted by Gasteiger charge is -2.09. The SMILES string of the molecule is COc1cc(-c2cccs2)cc(C=NC2CC2)c1O.COc1cc(-c2cccs2)cc(C=NCCO)c1O.COc1cc(-c2cccs2)cc(C=NCCSSCCN=Cc2cc(-c3cccs3)cc(OC)c2O)c1O.COc1ccc(CN=Cc2cc(-c3cccs3)cc(OC)c2O)cc1. The molecule has 17 nitrogen and oxygen atoms in total. The van der Waals surface area contributed by atoms with Gasteiger partial charge in [0, 0.05) is 108 Å². The van der Waals surface area contributed by atoms with E-state index in [0.717, 1.165) is 93.4 Å². The van der Waals surface area contributed by atoms with Crippen molar-refractivity contribution in [1.29, 1.82) is 0 Å². The number of aliphatic hydroxyl groups excluding tert-OH is 1. The van der Waals surface area contributed by atoms with Gasteiger partial charge >= 0.3 is 0 Å². The number of rotatable bonds is 28. The van der Waals surface area contributed by atoms with E-state index in [4.69, 9.17) is 33.5 Å². The number of aliphatic hydroxyl groups is 1. The van der Waals surface area contributed by atoms with Crippen molar-refractivity contribution in [1.82, 2.24) is 0 Å². The van der Waals surface area contributed by atoms with Crippen molar-refractivity contribution in [3.63, 3.8) is 0 Å². The Morgan fingerprint density at radius 1 is 0.376 bits per heavy atom. The Hall–Kier alpha value is -9.37. The molecule has 0 spiro atoms. The first kappa shape index (κ1) is 75.8. The monoisotopic (exact) mass is 1490 g/mol. The minimum atomic E-state index is -0.0149. The molecule has 524 valence electrons. The van der Waals surface area contributed by atoms with E-state index in [1.807, 2.05) is 160 Å². The number of nitrogens with zero attached hydrogens (tertiary/aromatic N) is 5. The second-order valence-electron chi connectivity index (χ2n) is 21.8. The maximum Gasteiger partial charge on any atom is 0.166 e. The molecule has 0 radical (unpaired) electrons. The molecule has 1 saturated carbocycles. The predicted octanol–water partition coefficient (Wildman–Crippen LogP) is 18.5. The molecule has 0 bridgehead atoms. The summed E-state index contributed by atoms with van der Waals surface area (Å²) in [5.41, 5.74) is 9.27. The highest BCUT2D eigenvalue weighted by molar-refractivity contribution is 8.76. The molecule has 5 heterocycles. The number of benzene rings is 6. The number of hydrogen-bond acceptors (Lipinski definition) is 24. The Morgan fingerprint density at radius 2 is 0.673 bits per heavy atom. The Balaban J connectivity index is 0.000000164. The molecule has 0 saturated heterocycles. The number of aliphatic imine (C=N–C) groups is 5.